The van der Waals surface area contributed by atoms with Gasteiger partial charge in [0.2, 0.25) is 0 Å². The number of hydrogen-bond acceptors (Lipinski definition) is 3. The van der Waals surface area contributed by atoms with Crippen LogP contribution in [0.1, 0.15) is 49.9 Å². The molecular formula is C21H26N2O. The highest BCUT2D eigenvalue weighted by Crippen LogP contribution is 2.40. The van der Waals surface area contributed by atoms with Gasteiger partial charge in [-0.15, -0.1) is 0 Å². The van der Waals surface area contributed by atoms with Crippen LogP contribution in [0, 0.1) is 11.8 Å². The zero-order valence-corrected chi connectivity index (χ0v) is 14.4. The molecule has 0 bridgehead atoms. The molecule has 1 saturated heterocycles. The van der Waals surface area contributed by atoms with Crippen LogP contribution in [-0.2, 0) is 0 Å². The summed E-state index contributed by atoms with van der Waals surface area (Å²) in [7, 11) is 0. The second-order valence-corrected chi connectivity index (χ2v) is 6.65. The summed E-state index contributed by atoms with van der Waals surface area (Å²) in [5.41, 5.74) is 3.41. The second kappa shape index (κ2) is 7.63. The zero-order chi connectivity index (χ0) is 16.9. The third kappa shape index (κ3) is 3.22. The van der Waals surface area contributed by atoms with E-state index in [1.54, 1.807) is 0 Å². The minimum Gasteiger partial charge on any atom is -0.411 e. The Morgan fingerprint density at radius 2 is 1.46 bits per heavy atom. The minimum absolute atomic E-state index is 0.149. The highest BCUT2D eigenvalue weighted by molar-refractivity contribution is 5.90. The lowest BCUT2D eigenvalue weighted by atomic mass is 9.73. The first kappa shape index (κ1) is 16.7. The normalized spacial score (nSPS) is 28.8. The molecular weight excluding hydrogens is 296 g/mol. The predicted octanol–water partition coefficient (Wildman–Crippen LogP) is 4.95. The number of oxime groups is 1. The molecule has 1 heterocycles. The van der Waals surface area contributed by atoms with Crippen molar-refractivity contribution in [2.75, 3.05) is 0 Å². The average molecular weight is 322 g/mol. The molecule has 0 amide bonds. The minimum atomic E-state index is 0.149. The maximum atomic E-state index is 9.75. The van der Waals surface area contributed by atoms with Crippen LogP contribution in [0.2, 0.25) is 0 Å². The summed E-state index contributed by atoms with van der Waals surface area (Å²) in [6.45, 7) is 4.34. The standard InChI is InChI=1S/C21H26N2O/c1-3-10-18-20(23-24)15(2)19(16-11-6-4-7-12-16)22-21(18)17-13-8-5-9-14-17/h4-9,11-15,18-19,21-22,24H,3,10H2,1-2H3/b23-20+/t15-,18+,19-,21+/m0/s1. The van der Waals surface area contributed by atoms with Gasteiger partial charge in [-0.05, 0) is 17.5 Å². The van der Waals surface area contributed by atoms with Crippen molar-refractivity contribution in [3.63, 3.8) is 0 Å². The van der Waals surface area contributed by atoms with E-state index in [0.29, 0.717) is 0 Å². The van der Waals surface area contributed by atoms with E-state index < -0.39 is 0 Å². The van der Waals surface area contributed by atoms with Crippen molar-refractivity contribution < 1.29 is 5.21 Å². The number of nitrogens with zero attached hydrogens (tertiary/aromatic N) is 1. The van der Waals surface area contributed by atoms with Crippen LogP contribution in [0.25, 0.3) is 0 Å². The molecule has 1 aliphatic heterocycles. The zero-order valence-electron chi connectivity index (χ0n) is 14.4. The van der Waals surface area contributed by atoms with Crippen LogP contribution in [-0.4, -0.2) is 10.9 Å². The lowest BCUT2D eigenvalue weighted by Crippen LogP contribution is -2.47. The molecule has 2 aromatic rings. The molecule has 3 nitrogen and oxygen atoms in total. The Balaban J connectivity index is 2.01. The van der Waals surface area contributed by atoms with E-state index in [1.807, 2.05) is 12.1 Å². The van der Waals surface area contributed by atoms with Gasteiger partial charge in [-0.2, -0.15) is 0 Å². The van der Waals surface area contributed by atoms with E-state index in [9.17, 15) is 5.21 Å². The van der Waals surface area contributed by atoms with Crippen molar-refractivity contribution in [3.05, 3.63) is 71.8 Å². The Kier molecular flexibility index (Phi) is 5.31. The summed E-state index contributed by atoms with van der Waals surface area (Å²) in [5.74, 6) is 0.381. The van der Waals surface area contributed by atoms with Crippen LogP contribution in [0.4, 0.5) is 0 Å². The Morgan fingerprint density at radius 1 is 0.917 bits per heavy atom. The Morgan fingerprint density at radius 3 is 1.96 bits per heavy atom. The molecule has 0 unspecified atom stereocenters. The molecule has 1 fully saturated rings. The SMILES string of the molecule is CCC[C@@H]1/C(=N/O)[C@@H](C)[C@@H](c2ccccc2)N[C@@H]1c1ccccc1. The molecule has 2 aromatic carbocycles. The summed E-state index contributed by atoms with van der Waals surface area (Å²) in [4.78, 5) is 0. The second-order valence-electron chi connectivity index (χ2n) is 6.65. The van der Waals surface area contributed by atoms with Crippen molar-refractivity contribution in [1.29, 1.82) is 0 Å². The third-order valence-electron chi connectivity index (χ3n) is 5.14. The quantitative estimate of drug-likeness (QED) is 0.617. The van der Waals surface area contributed by atoms with Gasteiger partial charge in [0.05, 0.1) is 5.71 Å². The molecule has 126 valence electrons. The molecule has 0 aromatic heterocycles. The van der Waals surface area contributed by atoms with Gasteiger partial charge < -0.3 is 10.5 Å². The van der Waals surface area contributed by atoms with Gasteiger partial charge in [-0.25, -0.2) is 0 Å². The van der Waals surface area contributed by atoms with Crippen LogP contribution in [0.15, 0.2) is 65.8 Å². The van der Waals surface area contributed by atoms with Crippen molar-refractivity contribution in [1.82, 2.24) is 5.32 Å². The van der Waals surface area contributed by atoms with Gasteiger partial charge in [-0.3, -0.25) is 0 Å². The maximum Gasteiger partial charge on any atom is 0.0667 e. The summed E-state index contributed by atoms with van der Waals surface area (Å²) in [6, 6.07) is 21.3. The first-order valence-corrected chi connectivity index (χ1v) is 8.84. The molecule has 3 rings (SSSR count). The first-order valence-electron chi connectivity index (χ1n) is 8.84. The fourth-order valence-electron chi connectivity index (χ4n) is 3.96. The van der Waals surface area contributed by atoms with Crippen LogP contribution < -0.4 is 5.32 Å². The van der Waals surface area contributed by atoms with E-state index in [4.69, 9.17) is 0 Å². The molecule has 3 heteroatoms. The van der Waals surface area contributed by atoms with Crippen LogP contribution in [0.5, 0.6) is 0 Å². The van der Waals surface area contributed by atoms with Crippen molar-refractivity contribution in [3.8, 4) is 0 Å². The van der Waals surface area contributed by atoms with Gasteiger partial charge in [0.1, 0.15) is 0 Å². The lowest BCUT2D eigenvalue weighted by Gasteiger charge is -2.42. The molecule has 0 spiro atoms. The maximum absolute atomic E-state index is 9.75. The largest absolute Gasteiger partial charge is 0.411 e. The van der Waals surface area contributed by atoms with E-state index in [0.717, 1.165) is 18.6 Å². The van der Waals surface area contributed by atoms with E-state index in [2.05, 4.69) is 72.9 Å². The molecule has 2 N–H and O–H groups in total. The fraction of sp³-hybridized carbons (Fsp3) is 0.381. The summed E-state index contributed by atoms with van der Waals surface area (Å²) >= 11 is 0. The number of nitrogens with one attached hydrogen (secondary N) is 1. The topological polar surface area (TPSA) is 44.6 Å². The summed E-state index contributed by atoms with van der Waals surface area (Å²) in [6.07, 6.45) is 2.08. The fourth-order valence-corrected chi connectivity index (χ4v) is 3.96. The average Bonchev–Trinajstić information content (AvgIpc) is 2.64. The van der Waals surface area contributed by atoms with Gasteiger partial charge in [-0.1, -0.05) is 86.1 Å². The molecule has 1 aliphatic rings. The molecule has 24 heavy (non-hydrogen) atoms. The van der Waals surface area contributed by atoms with Crippen molar-refractivity contribution in [2.24, 2.45) is 17.0 Å². The summed E-state index contributed by atoms with van der Waals surface area (Å²) in [5, 5.41) is 17.3. The van der Waals surface area contributed by atoms with E-state index >= 15 is 0 Å². The smallest absolute Gasteiger partial charge is 0.0667 e. The highest BCUT2D eigenvalue weighted by Gasteiger charge is 2.40. The Hall–Kier alpha value is -2.13. The molecule has 4 atom stereocenters. The number of benzene rings is 2. The molecule has 0 saturated carbocycles. The number of piperidine rings is 1. The van der Waals surface area contributed by atoms with Crippen molar-refractivity contribution in [2.45, 2.75) is 38.8 Å². The first-order chi connectivity index (χ1) is 11.8. The van der Waals surface area contributed by atoms with E-state index in [-0.39, 0.29) is 23.9 Å². The van der Waals surface area contributed by atoms with Crippen molar-refractivity contribution >= 4 is 5.71 Å². The van der Waals surface area contributed by atoms with E-state index in [1.165, 1.54) is 11.1 Å². The van der Waals surface area contributed by atoms with Crippen LogP contribution >= 0.6 is 0 Å². The van der Waals surface area contributed by atoms with Crippen LogP contribution in [0.3, 0.4) is 0 Å². The lowest BCUT2D eigenvalue weighted by molar-refractivity contribution is 0.258. The number of rotatable bonds is 4. The Bertz CT molecular complexity index is 669. The highest BCUT2D eigenvalue weighted by atomic mass is 16.4. The predicted molar refractivity (Wildman–Crippen MR) is 98.3 cm³/mol. The van der Waals surface area contributed by atoms with Gasteiger partial charge in [0.15, 0.2) is 0 Å². The number of hydrogen-bond donors (Lipinski definition) is 2. The molecule has 0 radical (unpaired) electrons. The Labute approximate surface area is 144 Å². The third-order valence-corrected chi connectivity index (χ3v) is 5.14. The van der Waals surface area contributed by atoms with Gasteiger partial charge >= 0.3 is 0 Å². The van der Waals surface area contributed by atoms with Gasteiger partial charge in [0, 0.05) is 23.9 Å². The van der Waals surface area contributed by atoms with Gasteiger partial charge in [0.25, 0.3) is 0 Å². The monoisotopic (exact) mass is 322 g/mol. The molecule has 0 aliphatic carbocycles. The summed E-state index contributed by atoms with van der Waals surface area (Å²) < 4.78 is 0.